The summed E-state index contributed by atoms with van der Waals surface area (Å²) in [6.45, 7) is 3.73. The first-order chi connectivity index (χ1) is 16.8. The number of amides is 1. The second kappa shape index (κ2) is 11.2. The van der Waals surface area contributed by atoms with E-state index >= 15 is 0 Å². The average Bonchev–Trinajstić information content (AvgIpc) is 2.85. The van der Waals surface area contributed by atoms with Crippen LogP contribution in [0, 0.1) is 5.41 Å². The highest BCUT2D eigenvalue weighted by Gasteiger charge is 2.20. The van der Waals surface area contributed by atoms with Crippen LogP contribution < -0.4 is 20.7 Å². The van der Waals surface area contributed by atoms with Gasteiger partial charge in [0.1, 0.15) is 23.4 Å². The van der Waals surface area contributed by atoms with Crippen LogP contribution in [-0.4, -0.2) is 46.2 Å². The topological polar surface area (TPSA) is 117 Å². The van der Waals surface area contributed by atoms with E-state index in [-0.39, 0.29) is 17.0 Å². The van der Waals surface area contributed by atoms with Gasteiger partial charge >= 0.3 is 0 Å². The Labute approximate surface area is 217 Å². The van der Waals surface area contributed by atoms with Gasteiger partial charge in [-0.1, -0.05) is 23.2 Å². The van der Waals surface area contributed by atoms with Crippen molar-refractivity contribution in [2.75, 3.05) is 40.5 Å². The standard InChI is InChI=1S/C24H24Cl2N6O2S/c1-14(22-18(25)12-29-13-19(22)26)34-16-3-4-20(27)17(10-16)23(28)24(33)31-21-5-2-15(11-30-21)32-6-8-35-9-7-32/h2-5,10-14,28H,6-9,27H2,1H3,(H,30,31,33). The summed E-state index contributed by atoms with van der Waals surface area (Å²) in [7, 11) is 0. The molecule has 0 bridgehead atoms. The molecule has 11 heteroatoms. The van der Waals surface area contributed by atoms with Gasteiger partial charge in [-0.05, 0) is 37.3 Å². The summed E-state index contributed by atoms with van der Waals surface area (Å²) in [4.78, 5) is 23.3. The second-order valence-electron chi connectivity index (χ2n) is 7.86. The minimum Gasteiger partial charge on any atom is -0.486 e. The molecule has 4 rings (SSSR count). The molecule has 3 heterocycles. The zero-order chi connectivity index (χ0) is 24.9. The first-order valence-corrected chi connectivity index (χ1v) is 12.8. The summed E-state index contributed by atoms with van der Waals surface area (Å²) in [6.07, 6.45) is 4.21. The van der Waals surface area contributed by atoms with Crippen molar-refractivity contribution in [1.82, 2.24) is 9.97 Å². The number of rotatable bonds is 7. The molecule has 1 unspecified atom stereocenters. The number of nitrogens with zero attached hydrogens (tertiary/aromatic N) is 3. The van der Waals surface area contributed by atoms with Crippen LogP contribution in [0.25, 0.3) is 0 Å². The van der Waals surface area contributed by atoms with Gasteiger partial charge in [-0.15, -0.1) is 0 Å². The number of nitrogens with one attached hydrogen (secondary N) is 2. The van der Waals surface area contributed by atoms with Crippen molar-refractivity contribution in [3.63, 3.8) is 0 Å². The fourth-order valence-corrected chi connectivity index (χ4v) is 5.24. The highest BCUT2D eigenvalue weighted by molar-refractivity contribution is 7.99. The number of nitrogens with two attached hydrogens (primary N) is 1. The van der Waals surface area contributed by atoms with Crippen LogP contribution >= 0.6 is 35.0 Å². The van der Waals surface area contributed by atoms with E-state index in [1.165, 1.54) is 12.4 Å². The van der Waals surface area contributed by atoms with Crippen molar-refractivity contribution in [3.05, 3.63) is 70.1 Å². The lowest BCUT2D eigenvalue weighted by Gasteiger charge is -2.28. The maximum absolute atomic E-state index is 12.8. The first kappa shape index (κ1) is 25.1. The van der Waals surface area contributed by atoms with E-state index in [0.717, 1.165) is 30.3 Å². The van der Waals surface area contributed by atoms with Crippen LogP contribution in [0.15, 0.2) is 48.9 Å². The molecule has 182 valence electrons. The van der Waals surface area contributed by atoms with Crippen molar-refractivity contribution >= 4 is 63.8 Å². The molecule has 1 atom stereocenters. The largest absolute Gasteiger partial charge is 0.486 e. The SMILES string of the molecule is CC(Oc1ccc(N)c(C(=N)C(=O)Nc2ccc(N3CCSCC3)cn2)c1)c1c(Cl)cncc1Cl. The Hall–Kier alpha value is -3.01. The summed E-state index contributed by atoms with van der Waals surface area (Å²) in [5, 5.41) is 11.8. The minimum atomic E-state index is -0.628. The summed E-state index contributed by atoms with van der Waals surface area (Å²) in [6, 6.07) is 8.43. The Kier molecular flexibility index (Phi) is 8.00. The van der Waals surface area contributed by atoms with Crippen LogP contribution in [0.5, 0.6) is 5.75 Å². The monoisotopic (exact) mass is 530 g/mol. The molecule has 0 spiro atoms. The molecule has 3 aromatic rings. The van der Waals surface area contributed by atoms with Gasteiger partial charge in [0.15, 0.2) is 0 Å². The summed E-state index contributed by atoms with van der Waals surface area (Å²) in [5.41, 5.74) is 7.87. The van der Waals surface area contributed by atoms with Gasteiger partial charge in [0.05, 0.1) is 21.9 Å². The molecule has 0 saturated carbocycles. The van der Waals surface area contributed by atoms with Gasteiger partial charge < -0.3 is 20.7 Å². The smallest absolute Gasteiger partial charge is 0.275 e. The predicted octanol–water partition coefficient (Wildman–Crippen LogP) is 5.07. The molecular weight excluding hydrogens is 507 g/mol. The molecule has 4 N–H and O–H groups in total. The van der Waals surface area contributed by atoms with Crippen molar-refractivity contribution in [2.24, 2.45) is 0 Å². The van der Waals surface area contributed by atoms with Gasteiger partial charge in [0.25, 0.3) is 5.91 Å². The van der Waals surface area contributed by atoms with E-state index in [1.54, 1.807) is 37.4 Å². The van der Waals surface area contributed by atoms with E-state index in [1.807, 2.05) is 17.8 Å². The molecule has 0 radical (unpaired) electrons. The number of hydrogen-bond acceptors (Lipinski definition) is 8. The molecule has 2 aromatic heterocycles. The third-order valence-electron chi connectivity index (χ3n) is 5.50. The fourth-order valence-electron chi connectivity index (χ4n) is 3.67. The Balaban J connectivity index is 1.45. The summed E-state index contributed by atoms with van der Waals surface area (Å²) < 4.78 is 5.98. The van der Waals surface area contributed by atoms with Gasteiger partial charge in [0.2, 0.25) is 0 Å². The molecular formula is C24H24Cl2N6O2S. The Bertz CT molecular complexity index is 1210. The predicted molar refractivity (Wildman–Crippen MR) is 143 cm³/mol. The van der Waals surface area contributed by atoms with Gasteiger partial charge in [0, 0.05) is 53.8 Å². The number of nitrogen functional groups attached to an aromatic ring is 1. The number of carbonyl (C=O) groups excluding carboxylic acids is 1. The second-order valence-corrected chi connectivity index (χ2v) is 9.90. The van der Waals surface area contributed by atoms with E-state index in [0.29, 0.717) is 27.2 Å². The van der Waals surface area contributed by atoms with Crippen molar-refractivity contribution < 1.29 is 9.53 Å². The number of aromatic nitrogens is 2. The van der Waals surface area contributed by atoms with Crippen LogP contribution in [0.1, 0.15) is 24.2 Å². The Morgan fingerprint density at radius 2 is 1.89 bits per heavy atom. The maximum Gasteiger partial charge on any atom is 0.275 e. The number of hydrogen-bond donors (Lipinski definition) is 3. The third kappa shape index (κ3) is 5.98. The fraction of sp³-hybridized carbons (Fsp3) is 0.250. The lowest BCUT2D eigenvalue weighted by molar-refractivity contribution is -0.110. The van der Waals surface area contributed by atoms with E-state index in [4.69, 9.17) is 39.1 Å². The number of anilines is 3. The lowest BCUT2D eigenvalue weighted by atomic mass is 10.1. The van der Waals surface area contributed by atoms with Crippen LogP contribution in [0.3, 0.4) is 0 Å². The zero-order valence-electron chi connectivity index (χ0n) is 18.9. The highest BCUT2D eigenvalue weighted by Crippen LogP contribution is 2.33. The Morgan fingerprint density at radius 3 is 2.54 bits per heavy atom. The van der Waals surface area contributed by atoms with Crippen molar-refractivity contribution in [3.8, 4) is 5.75 Å². The van der Waals surface area contributed by atoms with Gasteiger partial charge in [-0.25, -0.2) is 4.98 Å². The number of benzene rings is 1. The molecule has 1 fully saturated rings. The minimum absolute atomic E-state index is 0.238. The maximum atomic E-state index is 12.8. The molecule has 1 saturated heterocycles. The van der Waals surface area contributed by atoms with E-state index in [9.17, 15) is 4.79 Å². The Morgan fingerprint density at radius 1 is 1.17 bits per heavy atom. The van der Waals surface area contributed by atoms with E-state index in [2.05, 4.69) is 20.2 Å². The number of ether oxygens (including phenoxy) is 1. The zero-order valence-corrected chi connectivity index (χ0v) is 21.3. The molecule has 1 aliphatic rings. The molecule has 1 aromatic carbocycles. The molecule has 1 amide bonds. The van der Waals surface area contributed by atoms with Gasteiger partial charge in [-0.3, -0.25) is 15.2 Å². The normalized spacial score (nSPS) is 14.3. The van der Waals surface area contributed by atoms with E-state index < -0.39 is 12.0 Å². The van der Waals surface area contributed by atoms with Crippen LogP contribution in [0.4, 0.5) is 17.2 Å². The number of pyridine rings is 2. The lowest BCUT2D eigenvalue weighted by Crippen LogP contribution is -2.32. The van der Waals surface area contributed by atoms with Crippen LogP contribution in [-0.2, 0) is 4.79 Å². The first-order valence-electron chi connectivity index (χ1n) is 10.9. The molecule has 0 aliphatic carbocycles. The van der Waals surface area contributed by atoms with Crippen molar-refractivity contribution in [2.45, 2.75) is 13.0 Å². The van der Waals surface area contributed by atoms with Crippen molar-refractivity contribution in [1.29, 1.82) is 5.41 Å². The third-order valence-corrected chi connectivity index (χ3v) is 7.04. The summed E-state index contributed by atoms with van der Waals surface area (Å²) >= 11 is 14.4. The quantitative estimate of drug-likeness (QED) is 0.288. The summed E-state index contributed by atoms with van der Waals surface area (Å²) in [5.74, 6) is 2.31. The highest BCUT2D eigenvalue weighted by atomic mass is 35.5. The van der Waals surface area contributed by atoms with Crippen LogP contribution in [0.2, 0.25) is 10.0 Å². The number of carbonyl (C=O) groups is 1. The number of thioether (sulfide) groups is 1. The number of halogens is 2. The molecule has 1 aliphatic heterocycles. The van der Waals surface area contributed by atoms with Gasteiger partial charge in [-0.2, -0.15) is 11.8 Å². The molecule has 35 heavy (non-hydrogen) atoms. The average molecular weight is 531 g/mol. The molecule has 8 nitrogen and oxygen atoms in total.